The van der Waals surface area contributed by atoms with Gasteiger partial charge in [-0.2, -0.15) is 11.8 Å². The van der Waals surface area contributed by atoms with Gasteiger partial charge in [-0.3, -0.25) is 0 Å². The molecule has 0 aromatic carbocycles. The van der Waals surface area contributed by atoms with Gasteiger partial charge >= 0.3 is 0 Å². The first-order valence-corrected chi connectivity index (χ1v) is 8.82. The van der Waals surface area contributed by atoms with E-state index in [1.54, 1.807) is 0 Å². The molecule has 1 aliphatic rings. The summed E-state index contributed by atoms with van der Waals surface area (Å²) >= 11 is 2.05. The van der Waals surface area contributed by atoms with Crippen LogP contribution in [0.1, 0.15) is 26.0 Å². The minimum Gasteiger partial charge on any atom is -0.353 e. The number of fused-ring (bicyclic) bond motifs is 1. The highest BCUT2D eigenvalue weighted by molar-refractivity contribution is 8.00. The molecule has 0 aliphatic carbocycles. The molecule has 1 aliphatic heterocycles. The highest BCUT2D eigenvalue weighted by Crippen LogP contribution is 2.28. The van der Waals surface area contributed by atoms with Crippen molar-refractivity contribution >= 4 is 23.2 Å². The molecular formula is C16H24N4S. The first kappa shape index (κ1) is 14.7. The zero-order valence-electron chi connectivity index (χ0n) is 12.8. The number of hydrogen-bond acceptors (Lipinski definition) is 4. The first-order valence-electron chi connectivity index (χ1n) is 7.77. The van der Waals surface area contributed by atoms with Gasteiger partial charge in [-0.1, -0.05) is 19.9 Å². The summed E-state index contributed by atoms with van der Waals surface area (Å²) < 4.78 is 2.21. The van der Waals surface area contributed by atoms with E-state index in [1.807, 2.05) is 17.8 Å². The van der Waals surface area contributed by atoms with Crippen LogP contribution in [-0.2, 0) is 6.42 Å². The molecule has 0 spiro atoms. The van der Waals surface area contributed by atoms with Crippen LogP contribution in [-0.4, -0.2) is 39.5 Å². The van der Waals surface area contributed by atoms with Gasteiger partial charge in [0, 0.05) is 42.8 Å². The highest BCUT2D eigenvalue weighted by Gasteiger charge is 2.23. The molecule has 2 atom stereocenters. The molecule has 5 heteroatoms. The van der Waals surface area contributed by atoms with E-state index in [0.29, 0.717) is 5.25 Å². The smallest absolute Gasteiger partial charge is 0.151 e. The fourth-order valence-corrected chi connectivity index (χ4v) is 3.89. The van der Waals surface area contributed by atoms with E-state index in [-0.39, 0.29) is 6.04 Å². The Kier molecular flexibility index (Phi) is 4.40. The van der Waals surface area contributed by atoms with Crippen molar-refractivity contribution in [1.82, 2.24) is 9.38 Å². The normalized spacial score (nSPS) is 20.9. The van der Waals surface area contributed by atoms with Crippen LogP contribution < -0.4 is 10.6 Å². The molecule has 2 aromatic heterocycles. The molecule has 21 heavy (non-hydrogen) atoms. The monoisotopic (exact) mass is 304 g/mol. The first-order chi connectivity index (χ1) is 10.2. The van der Waals surface area contributed by atoms with Crippen LogP contribution in [0, 0.1) is 0 Å². The molecular weight excluding hydrogens is 280 g/mol. The number of aromatic nitrogens is 2. The van der Waals surface area contributed by atoms with Gasteiger partial charge < -0.3 is 15.0 Å². The third-order valence-electron chi connectivity index (χ3n) is 4.13. The quantitative estimate of drug-likeness (QED) is 0.943. The molecule has 0 radical (unpaired) electrons. The number of nitrogens with zero attached hydrogens (tertiary/aromatic N) is 3. The van der Waals surface area contributed by atoms with Crippen molar-refractivity contribution in [3.63, 3.8) is 0 Å². The molecule has 0 saturated carbocycles. The van der Waals surface area contributed by atoms with Crippen LogP contribution in [0.2, 0.25) is 0 Å². The zero-order valence-corrected chi connectivity index (χ0v) is 13.6. The Labute approximate surface area is 130 Å². The Balaban J connectivity index is 2.01. The van der Waals surface area contributed by atoms with Gasteiger partial charge in [-0.25, -0.2) is 4.98 Å². The second-order valence-electron chi connectivity index (χ2n) is 5.81. The van der Waals surface area contributed by atoms with Crippen LogP contribution in [0.3, 0.4) is 0 Å². The van der Waals surface area contributed by atoms with Crippen LogP contribution in [0.5, 0.6) is 0 Å². The molecule has 1 saturated heterocycles. The van der Waals surface area contributed by atoms with Crippen molar-refractivity contribution in [2.24, 2.45) is 5.73 Å². The molecule has 4 nitrogen and oxygen atoms in total. The summed E-state index contributed by atoms with van der Waals surface area (Å²) in [4.78, 5) is 7.32. The number of nitrogens with two attached hydrogens (primary N) is 1. The standard InChI is InChI=1S/C16H24N4S/c1-3-13(17)10-14-16(19-8-9-21-12(2)11-19)18-15-6-4-5-7-20(14)15/h4-7,12-13H,3,8-11,17H2,1-2H3. The maximum absolute atomic E-state index is 6.22. The molecule has 0 amide bonds. The van der Waals surface area contributed by atoms with Crippen LogP contribution in [0.4, 0.5) is 5.82 Å². The van der Waals surface area contributed by atoms with E-state index in [0.717, 1.165) is 37.4 Å². The Hall–Kier alpha value is -1.20. The number of pyridine rings is 1. The van der Waals surface area contributed by atoms with Crippen molar-refractivity contribution < 1.29 is 0 Å². The van der Waals surface area contributed by atoms with Crippen LogP contribution >= 0.6 is 11.8 Å². The molecule has 3 rings (SSSR count). The Morgan fingerprint density at radius 2 is 2.33 bits per heavy atom. The summed E-state index contributed by atoms with van der Waals surface area (Å²) in [5.74, 6) is 2.31. The fourth-order valence-electron chi connectivity index (χ4n) is 2.88. The van der Waals surface area contributed by atoms with E-state index in [4.69, 9.17) is 10.7 Å². The third kappa shape index (κ3) is 3.04. The largest absolute Gasteiger partial charge is 0.353 e. The fraction of sp³-hybridized carbons (Fsp3) is 0.562. The van der Waals surface area contributed by atoms with Crippen molar-refractivity contribution in [1.29, 1.82) is 0 Å². The zero-order chi connectivity index (χ0) is 14.8. The average molecular weight is 304 g/mol. The number of hydrogen-bond donors (Lipinski definition) is 1. The van der Waals surface area contributed by atoms with Crippen molar-refractivity contribution in [3.05, 3.63) is 30.1 Å². The second-order valence-corrected chi connectivity index (χ2v) is 7.36. The van der Waals surface area contributed by atoms with Crippen LogP contribution in [0.25, 0.3) is 5.65 Å². The lowest BCUT2D eigenvalue weighted by molar-refractivity contribution is 0.630. The minimum atomic E-state index is 0.195. The van der Waals surface area contributed by atoms with E-state index < -0.39 is 0 Å². The Morgan fingerprint density at radius 1 is 1.48 bits per heavy atom. The van der Waals surface area contributed by atoms with Gasteiger partial charge in [-0.15, -0.1) is 0 Å². The summed E-state index contributed by atoms with van der Waals surface area (Å²) in [5.41, 5.74) is 8.50. The molecule has 2 unspecified atom stereocenters. The number of thioether (sulfide) groups is 1. The molecule has 2 N–H and O–H groups in total. The maximum Gasteiger partial charge on any atom is 0.151 e. The predicted molar refractivity (Wildman–Crippen MR) is 91.3 cm³/mol. The van der Waals surface area contributed by atoms with E-state index in [9.17, 15) is 0 Å². The van der Waals surface area contributed by atoms with Crippen molar-refractivity contribution in [2.75, 3.05) is 23.7 Å². The molecule has 0 bridgehead atoms. The summed E-state index contributed by atoms with van der Waals surface area (Å²) in [6.45, 7) is 6.59. The lowest BCUT2D eigenvalue weighted by Crippen LogP contribution is -2.37. The highest BCUT2D eigenvalue weighted by atomic mass is 32.2. The van der Waals surface area contributed by atoms with E-state index in [2.05, 4.69) is 41.5 Å². The van der Waals surface area contributed by atoms with Gasteiger partial charge in [0.1, 0.15) is 5.65 Å². The summed E-state index contributed by atoms with van der Waals surface area (Å²) in [6.07, 6.45) is 3.98. The SMILES string of the molecule is CCC(N)Cc1c(N2CCSC(C)C2)nc2ccccn12. The van der Waals surface area contributed by atoms with Crippen LogP contribution in [0.15, 0.2) is 24.4 Å². The minimum absolute atomic E-state index is 0.195. The third-order valence-corrected chi connectivity index (χ3v) is 5.26. The Morgan fingerprint density at radius 3 is 3.10 bits per heavy atom. The topological polar surface area (TPSA) is 46.6 Å². The maximum atomic E-state index is 6.22. The molecule has 1 fully saturated rings. The number of imidazole rings is 1. The second kappa shape index (κ2) is 6.28. The van der Waals surface area contributed by atoms with Gasteiger partial charge in [0.05, 0.1) is 5.69 Å². The molecule has 3 heterocycles. The van der Waals surface area contributed by atoms with E-state index in [1.165, 1.54) is 11.4 Å². The summed E-state index contributed by atoms with van der Waals surface area (Å²) in [6, 6.07) is 6.38. The summed E-state index contributed by atoms with van der Waals surface area (Å²) in [5, 5.41) is 0.663. The van der Waals surface area contributed by atoms with Crippen molar-refractivity contribution in [2.45, 2.75) is 38.0 Å². The molecule has 2 aromatic rings. The van der Waals surface area contributed by atoms with Gasteiger partial charge in [0.15, 0.2) is 5.82 Å². The lowest BCUT2D eigenvalue weighted by atomic mass is 10.1. The Bertz CT molecular complexity index is 609. The summed E-state index contributed by atoms with van der Waals surface area (Å²) in [7, 11) is 0. The van der Waals surface area contributed by atoms with Gasteiger partial charge in [0.2, 0.25) is 0 Å². The van der Waals surface area contributed by atoms with E-state index >= 15 is 0 Å². The number of anilines is 1. The van der Waals surface area contributed by atoms with Gasteiger partial charge in [-0.05, 0) is 18.6 Å². The lowest BCUT2D eigenvalue weighted by Gasteiger charge is -2.31. The van der Waals surface area contributed by atoms with Crippen molar-refractivity contribution in [3.8, 4) is 0 Å². The number of rotatable bonds is 4. The predicted octanol–water partition coefficient (Wildman–Crippen LogP) is 2.56. The average Bonchev–Trinajstić information content (AvgIpc) is 2.86. The molecule has 114 valence electrons. The van der Waals surface area contributed by atoms with Gasteiger partial charge in [0.25, 0.3) is 0 Å².